The Balaban J connectivity index is 0.000000791. The summed E-state index contributed by atoms with van der Waals surface area (Å²) in [5.41, 5.74) is 0.890. The van der Waals surface area contributed by atoms with Gasteiger partial charge < -0.3 is 4.74 Å². The first-order chi connectivity index (χ1) is 6.72. The topological polar surface area (TPSA) is 9.23 Å². The second-order valence-corrected chi connectivity index (χ2v) is 2.81. The van der Waals surface area contributed by atoms with Crippen LogP contribution in [0.25, 0.3) is 0 Å². The quantitative estimate of drug-likeness (QED) is 0.714. The van der Waals surface area contributed by atoms with Gasteiger partial charge in [0.1, 0.15) is 11.6 Å². The molecule has 0 bridgehead atoms. The number of aryl methyl sites for hydroxylation is 1. The average Bonchev–Trinajstić information content (AvgIpc) is 2.16. The van der Waals surface area contributed by atoms with E-state index in [4.69, 9.17) is 4.74 Å². The van der Waals surface area contributed by atoms with E-state index in [2.05, 4.69) is 0 Å². The molecule has 0 atom stereocenters. The Bertz CT molecular complexity index is 238. The zero-order valence-corrected chi connectivity index (χ0v) is 9.43. The molecule has 0 aromatic heterocycles. The van der Waals surface area contributed by atoms with Crippen molar-refractivity contribution < 1.29 is 9.13 Å². The first-order valence-corrected chi connectivity index (χ1v) is 5.12. The third-order valence-corrected chi connectivity index (χ3v) is 1.49. The fourth-order valence-electron chi connectivity index (χ4n) is 1.01. The lowest BCUT2D eigenvalue weighted by Crippen LogP contribution is -1.95. The molecule has 1 nitrogen and oxygen atoms in total. The minimum atomic E-state index is -0.235. The summed E-state index contributed by atoms with van der Waals surface area (Å²) in [4.78, 5) is 0. The summed E-state index contributed by atoms with van der Waals surface area (Å²) in [5, 5.41) is 0. The van der Waals surface area contributed by atoms with Crippen LogP contribution in [0.15, 0.2) is 18.2 Å². The monoisotopic (exact) mass is 198 g/mol. The maximum Gasteiger partial charge on any atom is 0.127 e. The molecule has 0 aliphatic carbocycles. The molecule has 0 fully saturated rings. The van der Waals surface area contributed by atoms with Gasteiger partial charge in [-0.2, -0.15) is 0 Å². The predicted octanol–water partition coefficient (Wildman–Crippen LogP) is 3.95. The van der Waals surface area contributed by atoms with E-state index in [1.165, 1.54) is 12.1 Å². The third kappa shape index (κ3) is 4.85. The number of rotatable bonds is 3. The fraction of sp³-hybridized carbons (Fsp3) is 0.500. The number of benzene rings is 1. The second-order valence-electron chi connectivity index (χ2n) is 2.81. The molecule has 80 valence electrons. The number of ether oxygens (including phenoxy) is 1. The Morgan fingerprint density at radius 3 is 2.36 bits per heavy atom. The Labute approximate surface area is 85.9 Å². The van der Waals surface area contributed by atoms with Gasteiger partial charge in [-0.3, -0.25) is 0 Å². The maximum absolute atomic E-state index is 12.8. The van der Waals surface area contributed by atoms with E-state index in [0.717, 1.165) is 12.0 Å². The van der Waals surface area contributed by atoms with Crippen molar-refractivity contribution in [2.75, 3.05) is 6.61 Å². The number of hydrogen-bond acceptors (Lipinski definition) is 1. The molecular formula is C12H19FO. The van der Waals surface area contributed by atoms with Gasteiger partial charge in [-0.15, -0.1) is 0 Å². The molecule has 0 spiro atoms. The van der Waals surface area contributed by atoms with Crippen molar-refractivity contribution >= 4 is 0 Å². The molecule has 14 heavy (non-hydrogen) atoms. The Kier molecular flexibility index (Phi) is 6.81. The normalized spacial score (nSPS) is 8.93. The average molecular weight is 198 g/mol. The van der Waals surface area contributed by atoms with Crippen molar-refractivity contribution in [2.24, 2.45) is 0 Å². The lowest BCUT2D eigenvalue weighted by atomic mass is 10.2. The van der Waals surface area contributed by atoms with E-state index < -0.39 is 0 Å². The van der Waals surface area contributed by atoms with Crippen LogP contribution >= 0.6 is 0 Å². The van der Waals surface area contributed by atoms with Crippen LogP contribution in [0.3, 0.4) is 0 Å². The highest BCUT2D eigenvalue weighted by molar-refractivity contribution is 5.28. The van der Waals surface area contributed by atoms with Gasteiger partial charge in [0.15, 0.2) is 0 Å². The Morgan fingerprint density at radius 2 is 1.86 bits per heavy atom. The largest absolute Gasteiger partial charge is 0.493 e. The Morgan fingerprint density at radius 1 is 1.21 bits per heavy atom. The minimum Gasteiger partial charge on any atom is -0.493 e. The first-order valence-electron chi connectivity index (χ1n) is 5.12. The lowest BCUT2D eigenvalue weighted by Gasteiger charge is -2.04. The minimum absolute atomic E-state index is 0.235. The molecule has 0 aliphatic rings. The summed E-state index contributed by atoms with van der Waals surface area (Å²) >= 11 is 0. The summed E-state index contributed by atoms with van der Waals surface area (Å²) in [6.07, 6.45) is 0.940. The smallest absolute Gasteiger partial charge is 0.127 e. The van der Waals surface area contributed by atoms with E-state index in [-0.39, 0.29) is 5.82 Å². The first kappa shape index (κ1) is 12.9. The highest BCUT2D eigenvalue weighted by Gasteiger charge is 1.97. The van der Waals surface area contributed by atoms with Crippen LogP contribution in [0.4, 0.5) is 4.39 Å². The zero-order valence-electron chi connectivity index (χ0n) is 9.43. The second kappa shape index (κ2) is 7.36. The molecule has 1 rings (SSSR count). The van der Waals surface area contributed by atoms with Crippen molar-refractivity contribution in [3.63, 3.8) is 0 Å². The molecule has 1 aromatic carbocycles. The number of hydrogen-bond donors (Lipinski definition) is 0. The lowest BCUT2D eigenvalue weighted by molar-refractivity contribution is 0.315. The van der Waals surface area contributed by atoms with Crippen LogP contribution in [0, 0.1) is 12.7 Å². The van der Waals surface area contributed by atoms with Crippen molar-refractivity contribution in [1.29, 1.82) is 0 Å². The fourth-order valence-corrected chi connectivity index (χ4v) is 1.01. The SMILES string of the molecule is CC.CCCOc1cc(C)cc(F)c1. The molecule has 0 heterocycles. The van der Waals surface area contributed by atoms with E-state index in [1.54, 1.807) is 0 Å². The van der Waals surface area contributed by atoms with Crippen LogP contribution < -0.4 is 4.74 Å². The Hall–Kier alpha value is -1.05. The van der Waals surface area contributed by atoms with Gasteiger partial charge in [-0.25, -0.2) is 4.39 Å². The standard InChI is InChI=1S/C10H13FO.C2H6/c1-3-4-12-10-6-8(2)5-9(11)7-10;1-2/h5-7H,3-4H2,1-2H3;1-2H3. The van der Waals surface area contributed by atoms with E-state index in [9.17, 15) is 4.39 Å². The maximum atomic E-state index is 12.8. The molecule has 1 aromatic rings. The molecule has 0 aliphatic heterocycles. The van der Waals surface area contributed by atoms with Gasteiger partial charge in [-0.05, 0) is 31.0 Å². The summed E-state index contributed by atoms with van der Waals surface area (Å²) < 4.78 is 18.1. The van der Waals surface area contributed by atoms with Crippen LogP contribution in [0.2, 0.25) is 0 Å². The molecular weight excluding hydrogens is 179 g/mol. The van der Waals surface area contributed by atoms with Gasteiger partial charge in [0.05, 0.1) is 6.61 Å². The molecule has 0 unspecified atom stereocenters. The molecule has 0 amide bonds. The van der Waals surface area contributed by atoms with Gasteiger partial charge in [0.25, 0.3) is 0 Å². The summed E-state index contributed by atoms with van der Waals surface area (Å²) in [7, 11) is 0. The van der Waals surface area contributed by atoms with Crippen molar-refractivity contribution in [3.05, 3.63) is 29.6 Å². The van der Waals surface area contributed by atoms with Crippen LogP contribution in [0.1, 0.15) is 32.8 Å². The highest BCUT2D eigenvalue weighted by Crippen LogP contribution is 2.15. The van der Waals surface area contributed by atoms with Crippen molar-refractivity contribution in [2.45, 2.75) is 34.1 Å². The zero-order chi connectivity index (χ0) is 11.0. The third-order valence-electron chi connectivity index (χ3n) is 1.49. The molecule has 2 heteroatoms. The van der Waals surface area contributed by atoms with Gasteiger partial charge in [0.2, 0.25) is 0 Å². The molecule has 0 N–H and O–H groups in total. The van der Waals surface area contributed by atoms with E-state index >= 15 is 0 Å². The van der Waals surface area contributed by atoms with Gasteiger partial charge in [0, 0.05) is 6.07 Å². The van der Waals surface area contributed by atoms with Crippen LogP contribution in [-0.2, 0) is 0 Å². The van der Waals surface area contributed by atoms with Crippen LogP contribution in [-0.4, -0.2) is 6.61 Å². The van der Waals surface area contributed by atoms with Gasteiger partial charge >= 0.3 is 0 Å². The van der Waals surface area contributed by atoms with E-state index in [1.807, 2.05) is 33.8 Å². The summed E-state index contributed by atoms with van der Waals surface area (Å²) in [5.74, 6) is 0.385. The molecule has 0 radical (unpaired) electrons. The summed E-state index contributed by atoms with van der Waals surface area (Å²) in [6, 6.07) is 4.72. The highest BCUT2D eigenvalue weighted by atomic mass is 19.1. The van der Waals surface area contributed by atoms with Gasteiger partial charge in [-0.1, -0.05) is 20.8 Å². The number of halogens is 1. The molecule has 0 saturated carbocycles. The molecule has 0 saturated heterocycles. The van der Waals surface area contributed by atoms with Crippen molar-refractivity contribution in [1.82, 2.24) is 0 Å². The van der Waals surface area contributed by atoms with Crippen molar-refractivity contribution in [3.8, 4) is 5.75 Å². The predicted molar refractivity (Wildman–Crippen MR) is 58.3 cm³/mol. The summed E-state index contributed by atoms with van der Waals surface area (Å²) in [6.45, 7) is 8.51. The van der Waals surface area contributed by atoms with Crippen LogP contribution in [0.5, 0.6) is 5.75 Å². The van der Waals surface area contributed by atoms with E-state index in [0.29, 0.717) is 12.4 Å².